The molecular formula is C22H29N5O2. The molecule has 0 atom stereocenters. The minimum atomic E-state index is -0.0989. The van der Waals surface area contributed by atoms with Crippen molar-refractivity contribution < 1.29 is 9.59 Å². The van der Waals surface area contributed by atoms with Gasteiger partial charge in [0.1, 0.15) is 0 Å². The Hall–Kier alpha value is -2.70. The number of piperidine rings is 1. The van der Waals surface area contributed by atoms with Gasteiger partial charge in [0.2, 0.25) is 5.91 Å². The molecule has 1 N–H and O–H groups in total. The molecule has 0 unspecified atom stereocenters. The molecule has 1 aromatic heterocycles. The lowest BCUT2D eigenvalue weighted by Gasteiger charge is -2.33. The zero-order chi connectivity index (χ0) is 20.2. The number of benzene rings is 1. The first-order chi connectivity index (χ1) is 14.1. The molecule has 0 spiro atoms. The molecule has 1 aromatic carbocycles. The first-order valence-corrected chi connectivity index (χ1v) is 10.7. The first kappa shape index (κ1) is 19.6. The van der Waals surface area contributed by atoms with E-state index in [2.05, 4.69) is 22.6 Å². The summed E-state index contributed by atoms with van der Waals surface area (Å²) in [5.41, 5.74) is 1.23. The monoisotopic (exact) mass is 395 g/mol. The maximum Gasteiger partial charge on any atom is 0.276 e. The van der Waals surface area contributed by atoms with Crippen LogP contribution in [0.1, 0.15) is 55.9 Å². The average molecular weight is 396 g/mol. The SMILES string of the molecule is CC1CCC(C(=O)NC2CCN(C(=O)c3cn(-c4ccccc4)nn3)CC2)CC1. The highest BCUT2D eigenvalue weighted by atomic mass is 16.2. The van der Waals surface area contributed by atoms with Crippen LogP contribution in [0, 0.1) is 11.8 Å². The van der Waals surface area contributed by atoms with Gasteiger partial charge in [0.15, 0.2) is 5.69 Å². The number of para-hydroxylation sites is 1. The molecular weight excluding hydrogens is 366 g/mol. The Labute approximate surface area is 171 Å². The molecule has 0 bridgehead atoms. The van der Waals surface area contributed by atoms with Crippen LogP contribution in [0.4, 0.5) is 0 Å². The van der Waals surface area contributed by atoms with Crippen molar-refractivity contribution in [2.45, 2.75) is 51.5 Å². The summed E-state index contributed by atoms with van der Waals surface area (Å²) < 4.78 is 1.62. The molecule has 7 heteroatoms. The minimum Gasteiger partial charge on any atom is -0.353 e. The van der Waals surface area contributed by atoms with E-state index in [-0.39, 0.29) is 23.8 Å². The lowest BCUT2D eigenvalue weighted by molar-refractivity contribution is -0.127. The van der Waals surface area contributed by atoms with Gasteiger partial charge >= 0.3 is 0 Å². The Kier molecular flexibility index (Phi) is 5.92. The van der Waals surface area contributed by atoms with Gasteiger partial charge in [0.25, 0.3) is 5.91 Å². The van der Waals surface area contributed by atoms with Crippen molar-refractivity contribution in [1.29, 1.82) is 0 Å². The number of nitrogens with zero attached hydrogens (tertiary/aromatic N) is 4. The van der Waals surface area contributed by atoms with Crippen LogP contribution in [0.25, 0.3) is 5.69 Å². The molecule has 1 saturated carbocycles. The minimum absolute atomic E-state index is 0.0989. The molecule has 0 radical (unpaired) electrons. The summed E-state index contributed by atoms with van der Waals surface area (Å²) in [6.07, 6.45) is 7.54. The predicted octanol–water partition coefficient (Wildman–Crippen LogP) is 2.81. The fourth-order valence-electron chi connectivity index (χ4n) is 4.30. The molecule has 2 aromatic rings. The highest BCUT2D eigenvalue weighted by Gasteiger charge is 2.29. The topological polar surface area (TPSA) is 80.1 Å². The summed E-state index contributed by atoms with van der Waals surface area (Å²) >= 11 is 0. The number of amides is 2. The molecule has 1 aliphatic carbocycles. The van der Waals surface area contributed by atoms with Gasteiger partial charge in [0.05, 0.1) is 11.9 Å². The molecule has 29 heavy (non-hydrogen) atoms. The smallest absolute Gasteiger partial charge is 0.276 e. The standard InChI is InChI=1S/C22H29N5O2/c1-16-7-9-17(10-8-16)21(28)23-18-11-13-26(14-12-18)22(29)20-15-27(25-24-20)19-5-3-2-4-6-19/h2-6,15-18H,7-14H2,1H3,(H,23,28). The van der Waals surface area contributed by atoms with Crippen LogP contribution in [0.3, 0.4) is 0 Å². The third kappa shape index (κ3) is 4.66. The molecule has 154 valence electrons. The number of carbonyl (C=O) groups is 2. The average Bonchev–Trinajstić information content (AvgIpc) is 3.25. The second kappa shape index (κ2) is 8.76. The lowest BCUT2D eigenvalue weighted by Crippen LogP contribution is -2.48. The van der Waals surface area contributed by atoms with E-state index < -0.39 is 0 Å². The van der Waals surface area contributed by atoms with E-state index >= 15 is 0 Å². The maximum atomic E-state index is 12.8. The Morgan fingerprint density at radius 3 is 2.38 bits per heavy atom. The van der Waals surface area contributed by atoms with Gasteiger partial charge in [-0.1, -0.05) is 30.3 Å². The van der Waals surface area contributed by atoms with E-state index in [1.807, 2.05) is 35.2 Å². The number of aromatic nitrogens is 3. The molecule has 4 rings (SSSR count). The van der Waals surface area contributed by atoms with Crippen molar-refractivity contribution in [2.24, 2.45) is 11.8 Å². The molecule has 2 aliphatic rings. The summed E-state index contributed by atoms with van der Waals surface area (Å²) in [6, 6.07) is 9.78. The Morgan fingerprint density at radius 2 is 1.69 bits per heavy atom. The van der Waals surface area contributed by atoms with E-state index in [0.29, 0.717) is 18.8 Å². The second-order valence-electron chi connectivity index (χ2n) is 8.42. The van der Waals surface area contributed by atoms with E-state index in [1.165, 1.54) is 0 Å². The van der Waals surface area contributed by atoms with Gasteiger partial charge in [-0.2, -0.15) is 0 Å². The van der Waals surface area contributed by atoms with E-state index in [1.54, 1.807) is 10.9 Å². The van der Waals surface area contributed by atoms with Crippen molar-refractivity contribution in [3.63, 3.8) is 0 Å². The highest BCUT2D eigenvalue weighted by Crippen LogP contribution is 2.28. The Morgan fingerprint density at radius 1 is 1.00 bits per heavy atom. The molecule has 1 aliphatic heterocycles. The number of likely N-dealkylation sites (tertiary alicyclic amines) is 1. The molecule has 2 fully saturated rings. The zero-order valence-electron chi connectivity index (χ0n) is 17.0. The largest absolute Gasteiger partial charge is 0.353 e. The third-order valence-corrected chi connectivity index (χ3v) is 6.25. The van der Waals surface area contributed by atoms with Crippen LogP contribution < -0.4 is 5.32 Å². The van der Waals surface area contributed by atoms with Crippen molar-refractivity contribution in [3.05, 3.63) is 42.2 Å². The van der Waals surface area contributed by atoms with E-state index in [4.69, 9.17) is 0 Å². The number of carbonyl (C=O) groups excluding carboxylic acids is 2. The zero-order valence-corrected chi connectivity index (χ0v) is 17.0. The summed E-state index contributed by atoms with van der Waals surface area (Å²) in [5.74, 6) is 1.01. The van der Waals surface area contributed by atoms with Crippen molar-refractivity contribution in [1.82, 2.24) is 25.2 Å². The summed E-state index contributed by atoms with van der Waals surface area (Å²) in [7, 11) is 0. The fraction of sp³-hybridized carbons (Fsp3) is 0.545. The third-order valence-electron chi connectivity index (χ3n) is 6.25. The van der Waals surface area contributed by atoms with Crippen LogP contribution in [0.2, 0.25) is 0 Å². The molecule has 1 saturated heterocycles. The quantitative estimate of drug-likeness (QED) is 0.863. The fourth-order valence-corrected chi connectivity index (χ4v) is 4.30. The second-order valence-corrected chi connectivity index (χ2v) is 8.42. The first-order valence-electron chi connectivity index (χ1n) is 10.7. The van der Waals surface area contributed by atoms with Crippen LogP contribution in [-0.4, -0.2) is 50.8 Å². The highest BCUT2D eigenvalue weighted by molar-refractivity contribution is 5.92. The van der Waals surface area contributed by atoms with Gasteiger partial charge in [0, 0.05) is 25.0 Å². The van der Waals surface area contributed by atoms with Gasteiger partial charge in [-0.25, -0.2) is 4.68 Å². The number of hydrogen-bond acceptors (Lipinski definition) is 4. The molecule has 2 heterocycles. The summed E-state index contributed by atoms with van der Waals surface area (Å²) in [4.78, 5) is 27.1. The van der Waals surface area contributed by atoms with Gasteiger partial charge in [-0.15, -0.1) is 5.10 Å². The lowest BCUT2D eigenvalue weighted by atomic mass is 9.82. The van der Waals surface area contributed by atoms with Gasteiger partial charge in [-0.05, 0) is 56.6 Å². The predicted molar refractivity (Wildman–Crippen MR) is 110 cm³/mol. The van der Waals surface area contributed by atoms with Crippen LogP contribution in [-0.2, 0) is 4.79 Å². The van der Waals surface area contributed by atoms with Crippen LogP contribution >= 0.6 is 0 Å². The Bertz CT molecular complexity index is 834. The van der Waals surface area contributed by atoms with Crippen LogP contribution in [0.5, 0.6) is 0 Å². The normalized spacial score (nSPS) is 23.0. The van der Waals surface area contributed by atoms with Crippen molar-refractivity contribution in [3.8, 4) is 5.69 Å². The van der Waals surface area contributed by atoms with Gasteiger partial charge in [-0.3, -0.25) is 9.59 Å². The summed E-state index contributed by atoms with van der Waals surface area (Å²) in [5, 5.41) is 11.3. The molecule has 2 amide bonds. The molecule has 7 nitrogen and oxygen atoms in total. The van der Waals surface area contributed by atoms with E-state index in [0.717, 1.165) is 50.1 Å². The van der Waals surface area contributed by atoms with Crippen molar-refractivity contribution in [2.75, 3.05) is 13.1 Å². The van der Waals surface area contributed by atoms with E-state index in [9.17, 15) is 9.59 Å². The van der Waals surface area contributed by atoms with Crippen LogP contribution in [0.15, 0.2) is 36.5 Å². The van der Waals surface area contributed by atoms with Crippen molar-refractivity contribution >= 4 is 11.8 Å². The van der Waals surface area contributed by atoms with Gasteiger partial charge < -0.3 is 10.2 Å². The number of nitrogens with one attached hydrogen (secondary N) is 1. The number of rotatable bonds is 4. The summed E-state index contributed by atoms with van der Waals surface area (Å²) in [6.45, 7) is 3.52. The maximum absolute atomic E-state index is 12.8. The Balaban J connectivity index is 1.28. The number of hydrogen-bond donors (Lipinski definition) is 1.